The number of guanidine groups is 1. The van der Waals surface area contributed by atoms with E-state index in [0.717, 1.165) is 25.6 Å². The van der Waals surface area contributed by atoms with Crippen LogP contribution in [-0.2, 0) is 0 Å². The Labute approximate surface area is 149 Å². The Hall–Kier alpha value is -0.810. The monoisotopic (exact) mass is 351 g/mol. The largest absolute Gasteiger partial charge is 0.357 e. The molecule has 1 saturated carbocycles. The van der Waals surface area contributed by atoms with Crippen molar-refractivity contribution in [2.75, 3.05) is 31.6 Å². The highest BCUT2D eigenvalue weighted by molar-refractivity contribution is 8.01. The van der Waals surface area contributed by atoms with Crippen molar-refractivity contribution in [3.05, 3.63) is 30.3 Å². The lowest BCUT2D eigenvalue weighted by molar-refractivity contribution is 0.731. The van der Waals surface area contributed by atoms with Crippen molar-refractivity contribution in [2.24, 2.45) is 4.99 Å². The molecule has 2 rings (SSSR count). The molecule has 0 bridgehead atoms. The fourth-order valence-corrected chi connectivity index (χ4v) is 4.03. The fourth-order valence-electron chi connectivity index (χ4n) is 2.31. The first-order valence-corrected chi connectivity index (χ1v) is 10.7. The molecule has 3 nitrogen and oxygen atoms in total. The lowest BCUT2D eigenvalue weighted by atomic mass is 10.3. The molecular weight excluding hydrogens is 322 g/mol. The maximum Gasteiger partial charge on any atom is 0.191 e. The van der Waals surface area contributed by atoms with Gasteiger partial charge in [0, 0.05) is 22.7 Å². The Morgan fingerprint density at radius 1 is 1.17 bits per heavy atom. The van der Waals surface area contributed by atoms with E-state index in [9.17, 15) is 0 Å². The van der Waals surface area contributed by atoms with E-state index >= 15 is 0 Å². The second-order valence-electron chi connectivity index (χ2n) is 5.92. The molecule has 0 heterocycles. The van der Waals surface area contributed by atoms with Crippen LogP contribution in [0.2, 0.25) is 0 Å². The van der Waals surface area contributed by atoms with Crippen LogP contribution in [0, 0.1) is 0 Å². The van der Waals surface area contributed by atoms with E-state index < -0.39 is 0 Å². The number of nitrogens with zero attached hydrogens (tertiary/aromatic N) is 1. The molecule has 0 aliphatic heterocycles. The molecular formula is C18H29N3S2. The molecule has 2 N–H and O–H groups in total. The third kappa shape index (κ3) is 7.08. The SMILES string of the molecule is CCNC(=NCC1(Sc2ccccc2)CC1)NCCCCSC. The predicted molar refractivity (Wildman–Crippen MR) is 106 cm³/mol. The van der Waals surface area contributed by atoms with Gasteiger partial charge in [-0.15, -0.1) is 11.8 Å². The molecule has 0 atom stereocenters. The molecule has 1 aliphatic carbocycles. The van der Waals surface area contributed by atoms with Crippen LogP contribution >= 0.6 is 23.5 Å². The van der Waals surface area contributed by atoms with Gasteiger partial charge in [0.2, 0.25) is 0 Å². The van der Waals surface area contributed by atoms with Gasteiger partial charge in [-0.3, -0.25) is 4.99 Å². The highest BCUT2D eigenvalue weighted by Gasteiger charge is 2.43. The Kier molecular flexibility index (Phi) is 8.17. The highest BCUT2D eigenvalue weighted by Crippen LogP contribution is 2.51. The van der Waals surface area contributed by atoms with Gasteiger partial charge in [0.25, 0.3) is 0 Å². The highest BCUT2D eigenvalue weighted by atomic mass is 32.2. The molecule has 5 heteroatoms. The Morgan fingerprint density at radius 2 is 1.96 bits per heavy atom. The van der Waals surface area contributed by atoms with Crippen LogP contribution in [0.25, 0.3) is 0 Å². The molecule has 0 amide bonds. The Bertz CT molecular complexity index is 472. The molecule has 0 saturated heterocycles. The van der Waals surface area contributed by atoms with Crippen LogP contribution in [0.15, 0.2) is 40.2 Å². The van der Waals surface area contributed by atoms with Crippen LogP contribution < -0.4 is 10.6 Å². The number of aliphatic imine (C=N–C) groups is 1. The predicted octanol–water partition coefficient (Wildman–Crippen LogP) is 4.01. The lowest BCUT2D eigenvalue weighted by Crippen LogP contribution is -2.38. The molecule has 1 aliphatic rings. The van der Waals surface area contributed by atoms with Crippen LogP contribution in [0.4, 0.5) is 0 Å². The minimum absolute atomic E-state index is 0.322. The first kappa shape index (κ1) is 18.5. The molecule has 0 spiro atoms. The first-order valence-electron chi connectivity index (χ1n) is 8.53. The van der Waals surface area contributed by atoms with Crippen molar-refractivity contribution in [1.29, 1.82) is 0 Å². The third-order valence-electron chi connectivity index (χ3n) is 3.82. The average molecular weight is 352 g/mol. The van der Waals surface area contributed by atoms with Crippen molar-refractivity contribution in [3.8, 4) is 0 Å². The van der Waals surface area contributed by atoms with Crippen molar-refractivity contribution in [1.82, 2.24) is 10.6 Å². The Balaban J connectivity index is 1.79. The molecule has 1 aromatic rings. The van der Waals surface area contributed by atoms with E-state index in [0.29, 0.717) is 4.75 Å². The number of hydrogen-bond acceptors (Lipinski definition) is 3. The van der Waals surface area contributed by atoms with Gasteiger partial charge in [0.1, 0.15) is 0 Å². The normalized spacial score (nSPS) is 16.2. The van der Waals surface area contributed by atoms with Crippen LogP contribution in [-0.4, -0.2) is 42.3 Å². The minimum atomic E-state index is 0.322. The van der Waals surface area contributed by atoms with Crippen LogP contribution in [0.3, 0.4) is 0 Å². The Morgan fingerprint density at radius 3 is 2.61 bits per heavy atom. The van der Waals surface area contributed by atoms with E-state index in [1.807, 2.05) is 23.5 Å². The van der Waals surface area contributed by atoms with E-state index in [-0.39, 0.29) is 0 Å². The van der Waals surface area contributed by atoms with E-state index in [2.05, 4.69) is 54.1 Å². The number of nitrogens with one attached hydrogen (secondary N) is 2. The van der Waals surface area contributed by atoms with Gasteiger partial charge in [-0.2, -0.15) is 11.8 Å². The summed E-state index contributed by atoms with van der Waals surface area (Å²) < 4.78 is 0.322. The van der Waals surface area contributed by atoms with E-state index in [1.165, 1.54) is 36.3 Å². The lowest BCUT2D eigenvalue weighted by Gasteiger charge is -2.15. The molecule has 128 valence electrons. The topological polar surface area (TPSA) is 36.4 Å². The second-order valence-corrected chi connectivity index (χ2v) is 8.45. The average Bonchev–Trinajstić information content (AvgIpc) is 3.33. The van der Waals surface area contributed by atoms with Crippen LogP contribution in [0.5, 0.6) is 0 Å². The maximum absolute atomic E-state index is 4.83. The third-order valence-corrected chi connectivity index (χ3v) is 6.00. The van der Waals surface area contributed by atoms with Gasteiger partial charge in [-0.25, -0.2) is 0 Å². The summed E-state index contributed by atoms with van der Waals surface area (Å²) in [6, 6.07) is 10.7. The molecule has 0 aromatic heterocycles. The summed E-state index contributed by atoms with van der Waals surface area (Å²) in [5.41, 5.74) is 0. The number of hydrogen-bond donors (Lipinski definition) is 2. The molecule has 23 heavy (non-hydrogen) atoms. The molecule has 0 radical (unpaired) electrons. The quantitative estimate of drug-likeness (QED) is 0.379. The maximum atomic E-state index is 4.83. The molecule has 1 aromatic carbocycles. The summed E-state index contributed by atoms with van der Waals surface area (Å²) >= 11 is 3.90. The van der Waals surface area contributed by atoms with Gasteiger partial charge in [-0.05, 0) is 56.7 Å². The van der Waals surface area contributed by atoms with Gasteiger partial charge < -0.3 is 10.6 Å². The number of unbranched alkanes of at least 4 members (excludes halogenated alkanes) is 1. The van der Waals surface area contributed by atoms with Gasteiger partial charge in [0.15, 0.2) is 5.96 Å². The van der Waals surface area contributed by atoms with Crippen LogP contribution in [0.1, 0.15) is 32.6 Å². The smallest absolute Gasteiger partial charge is 0.191 e. The number of benzene rings is 1. The van der Waals surface area contributed by atoms with Crippen molar-refractivity contribution in [2.45, 2.75) is 42.2 Å². The summed E-state index contributed by atoms with van der Waals surface area (Å²) in [5.74, 6) is 2.21. The van der Waals surface area contributed by atoms with E-state index in [1.54, 1.807) is 0 Å². The zero-order chi connectivity index (χ0) is 16.4. The minimum Gasteiger partial charge on any atom is -0.357 e. The number of rotatable bonds is 10. The van der Waals surface area contributed by atoms with Crippen molar-refractivity contribution >= 4 is 29.5 Å². The zero-order valence-corrected chi connectivity index (χ0v) is 15.9. The second kappa shape index (κ2) is 10.1. The summed E-state index contributed by atoms with van der Waals surface area (Å²) in [7, 11) is 0. The van der Waals surface area contributed by atoms with Gasteiger partial charge in [-0.1, -0.05) is 18.2 Å². The molecule has 0 unspecified atom stereocenters. The number of thioether (sulfide) groups is 2. The standard InChI is InChI=1S/C18H29N3S2/c1-3-19-17(20-13-7-8-14-22-2)21-15-18(11-12-18)23-16-9-5-4-6-10-16/h4-6,9-10H,3,7-8,11-15H2,1-2H3,(H2,19,20,21). The van der Waals surface area contributed by atoms with Gasteiger partial charge in [0.05, 0.1) is 6.54 Å². The van der Waals surface area contributed by atoms with Crippen molar-refractivity contribution < 1.29 is 0 Å². The summed E-state index contributed by atoms with van der Waals surface area (Å²) in [5, 5.41) is 6.83. The van der Waals surface area contributed by atoms with Crippen molar-refractivity contribution in [3.63, 3.8) is 0 Å². The first-order chi connectivity index (χ1) is 11.3. The van der Waals surface area contributed by atoms with E-state index in [4.69, 9.17) is 4.99 Å². The summed E-state index contributed by atoms with van der Waals surface area (Å²) in [6.07, 6.45) is 7.17. The van der Waals surface area contributed by atoms with Gasteiger partial charge >= 0.3 is 0 Å². The molecule has 1 fully saturated rings. The summed E-state index contributed by atoms with van der Waals surface area (Å²) in [6.45, 7) is 4.93. The fraction of sp³-hybridized carbons (Fsp3) is 0.611. The summed E-state index contributed by atoms with van der Waals surface area (Å²) in [4.78, 5) is 6.19. The zero-order valence-electron chi connectivity index (χ0n) is 14.3.